The van der Waals surface area contributed by atoms with Crippen LogP contribution in [0.1, 0.15) is 58.5 Å². The highest BCUT2D eigenvalue weighted by molar-refractivity contribution is 6.10. The number of nitrogens with zero attached hydrogens (tertiary/aromatic N) is 1. The zero-order chi connectivity index (χ0) is 24.1. The molecule has 1 aliphatic heterocycles. The second-order valence-electron chi connectivity index (χ2n) is 8.51. The van der Waals surface area contributed by atoms with Gasteiger partial charge in [-0.15, -0.1) is 0 Å². The quantitative estimate of drug-likeness (QED) is 0.375. The van der Waals surface area contributed by atoms with Crippen LogP contribution < -0.4 is 15.4 Å². The van der Waals surface area contributed by atoms with Crippen LogP contribution in [0.5, 0.6) is 5.75 Å². The molecule has 1 aliphatic rings. The summed E-state index contributed by atoms with van der Waals surface area (Å²) in [6.45, 7) is 4.33. The maximum atomic E-state index is 13.3. The number of amides is 1. The third-order valence-electron chi connectivity index (χ3n) is 6.51. The first-order valence-electron chi connectivity index (χ1n) is 11.5. The van der Waals surface area contributed by atoms with Crippen LogP contribution in [-0.2, 0) is 6.42 Å². The largest absolute Gasteiger partial charge is 0.497 e. The number of nitrogens with one attached hydrogen (secondary N) is 2. The van der Waals surface area contributed by atoms with Crippen molar-refractivity contribution in [2.45, 2.75) is 38.6 Å². The predicted octanol–water partition coefficient (Wildman–Crippen LogP) is 5.27. The molecule has 1 amide bonds. The SMILES string of the molecule is CCC1(CC)Cc2ccc(OC)cc2C(=CC(=O)c2cccc(NC(=O)c3ccncc3)c2)N1. The molecule has 2 N–H and O–H groups in total. The number of hydrogen-bond acceptors (Lipinski definition) is 5. The van der Waals surface area contributed by atoms with E-state index in [1.54, 1.807) is 62.0 Å². The number of hydrogen-bond donors (Lipinski definition) is 2. The molecule has 6 nitrogen and oxygen atoms in total. The molecule has 0 fully saturated rings. The highest BCUT2D eigenvalue weighted by Gasteiger charge is 2.33. The predicted molar refractivity (Wildman–Crippen MR) is 134 cm³/mol. The van der Waals surface area contributed by atoms with Crippen molar-refractivity contribution in [2.24, 2.45) is 0 Å². The van der Waals surface area contributed by atoms with Gasteiger partial charge < -0.3 is 15.4 Å². The van der Waals surface area contributed by atoms with Crippen LogP contribution in [0.25, 0.3) is 5.70 Å². The second-order valence-corrected chi connectivity index (χ2v) is 8.51. The summed E-state index contributed by atoms with van der Waals surface area (Å²) in [6, 6.07) is 16.3. The number of benzene rings is 2. The number of carbonyl (C=O) groups is 2. The van der Waals surface area contributed by atoms with Gasteiger partial charge in [-0.1, -0.05) is 32.0 Å². The van der Waals surface area contributed by atoms with Crippen LogP contribution in [0.3, 0.4) is 0 Å². The molecule has 1 aromatic heterocycles. The summed E-state index contributed by atoms with van der Waals surface area (Å²) in [4.78, 5) is 29.7. The second kappa shape index (κ2) is 9.91. The number of pyridine rings is 1. The molecule has 0 atom stereocenters. The van der Waals surface area contributed by atoms with E-state index in [4.69, 9.17) is 4.74 Å². The summed E-state index contributed by atoms with van der Waals surface area (Å²) in [5.74, 6) is 0.357. The lowest BCUT2D eigenvalue weighted by Gasteiger charge is -2.40. The van der Waals surface area contributed by atoms with E-state index in [0.29, 0.717) is 16.8 Å². The Balaban J connectivity index is 1.64. The van der Waals surface area contributed by atoms with Crippen molar-refractivity contribution >= 4 is 23.1 Å². The number of methoxy groups -OCH3 is 1. The van der Waals surface area contributed by atoms with Gasteiger partial charge in [-0.05, 0) is 61.2 Å². The summed E-state index contributed by atoms with van der Waals surface area (Å²) in [6.07, 6.45) is 7.56. The van der Waals surface area contributed by atoms with Gasteiger partial charge in [-0.3, -0.25) is 14.6 Å². The molecule has 3 aromatic rings. The number of ketones is 1. The van der Waals surface area contributed by atoms with Gasteiger partial charge in [-0.2, -0.15) is 0 Å². The van der Waals surface area contributed by atoms with Crippen molar-refractivity contribution in [1.82, 2.24) is 10.3 Å². The van der Waals surface area contributed by atoms with Crippen LogP contribution in [0, 0.1) is 0 Å². The molecule has 174 valence electrons. The van der Waals surface area contributed by atoms with Crippen molar-refractivity contribution in [2.75, 3.05) is 12.4 Å². The summed E-state index contributed by atoms with van der Waals surface area (Å²) in [5.41, 5.74) is 4.42. The number of anilines is 1. The van der Waals surface area contributed by atoms with E-state index in [0.717, 1.165) is 36.3 Å². The number of aromatic nitrogens is 1. The number of ether oxygens (including phenoxy) is 1. The van der Waals surface area contributed by atoms with Crippen LogP contribution in [-0.4, -0.2) is 29.3 Å². The van der Waals surface area contributed by atoms with Crippen LogP contribution in [0.4, 0.5) is 5.69 Å². The van der Waals surface area contributed by atoms with Gasteiger partial charge in [0.05, 0.1) is 7.11 Å². The molecular weight excluding hydrogens is 426 g/mol. The Bertz CT molecular complexity index is 1230. The van der Waals surface area contributed by atoms with Gasteiger partial charge in [0.15, 0.2) is 5.78 Å². The fraction of sp³-hybridized carbons (Fsp3) is 0.250. The van der Waals surface area contributed by atoms with Gasteiger partial charge in [0.1, 0.15) is 5.75 Å². The van der Waals surface area contributed by atoms with E-state index >= 15 is 0 Å². The smallest absolute Gasteiger partial charge is 0.255 e. The first-order valence-corrected chi connectivity index (χ1v) is 11.5. The van der Waals surface area contributed by atoms with Gasteiger partial charge in [0, 0.05) is 52.1 Å². The van der Waals surface area contributed by atoms with Gasteiger partial charge >= 0.3 is 0 Å². The molecule has 2 aromatic carbocycles. The fourth-order valence-corrected chi connectivity index (χ4v) is 4.31. The van der Waals surface area contributed by atoms with E-state index in [2.05, 4.69) is 35.5 Å². The van der Waals surface area contributed by atoms with Gasteiger partial charge in [0.2, 0.25) is 0 Å². The minimum absolute atomic E-state index is 0.103. The minimum Gasteiger partial charge on any atom is -0.497 e. The standard InChI is InChI=1S/C28H29N3O3/c1-4-28(5-2)18-21-9-10-23(34-3)16-24(21)25(31-28)17-26(32)20-7-6-8-22(15-20)30-27(33)19-11-13-29-14-12-19/h6-17,31H,4-5,18H2,1-3H3,(H,30,33). The lowest BCUT2D eigenvalue weighted by Crippen LogP contribution is -2.48. The van der Waals surface area contributed by atoms with Crippen molar-refractivity contribution in [3.63, 3.8) is 0 Å². The fourth-order valence-electron chi connectivity index (χ4n) is 4.31. The molecule has 0 unspecified atom stereocenters. The van der Waals surface area contributed by atoms with E-state index in [1.165, 1.54) is 5.56 Å². The lowest BCUT2D eigenvalue weighted by atomic mass is 9.79. The summed E-state index contributed by atoms with van der Waals surface area (Å²) in [5, 5.41) is 6.50. The van der Waals surface area contributed by atoms with Crippen molar-refractivity contribution in [3.8, 4) is 5.75 Å². The number of allylic oxidation sites excluding steroid dienone is 1. The molecule has 0 saturated carbocycles. The van der Waals surface area contributed by atoms with E-state index in [1.807, 2.05) is 12.1 Å². The molecule has 0 aliphatic carbocycles. The number of rotatable bonds is 7. The third-order valence-corrected chi connectivity index (χ3v) is 6.51. The average molecular weight is 456 g/mol. The maximum absolute atomic E-state index is 13.3. The van der Waals surface area contributed by atoms with Crippen molar-refractivity contribution in [1.29, 1.82) is 0 Å². The van der Waals surface area contributed by atoms with Crippen LogP contribution >= 0.6 is 0 Å². The Morgan fingerprint density at radius 2 is 1.82 bits per heavy atom. The lowest BCUT2D eigenvalue weighted by molar-refractivity contribution is 0.102. The Morgan fingerprint density at radius 3 is 2.53 bits per heavy atom. The zero-order valence-electron chi connectivity index (χ0n) is 19.7. The normalized spacial score (nSPS) is 15.2. The molecule has 2 heterocycles. The Labute approximate surface area is 200 Å². The molecule has 0 saturated heterocycles. The highest BCUT2D eigenvalue weighted by atomic mass is 16.5. The minimum atomic E-state index is -0.254. The Kier molecular flexibility index (Phi) is 6.77. The number of carbonyl (C=O) groups excluding carboxylic acids is 2. The third kappa shape index (κ3) is 4.86. The molecule has 0 radical (unpaired) electrons. The van der Waals surface area contributed by atoms with Crippen molar-refractivity contribution < 1.29 is 14.3 Å². The topological polar surface area (TPSA) is 80.3 Å². The van der Waals surface area contributed by atoms with Crippen LogP contribution in [0.2, 0.25) is 0 Å². The first-order chi connectivity index (χ1) is 16.5. The van der Waals surface area contributed by atoms with Gasteiger partial charge in [-0.25, -0.2) is 0 Å². The maximum Gasteiger partial charge on any atom is 0.255 e. The number of fused-ring (bicyclic) bond motifs is 1. The zero-order valence-corrected chi connectivity index (χ0v) is 19.7. The van der Waals surface area contributed by atoms with E-state index in [9.17, 15) is 9.59 Å². The average Bonchev–Trinajstić information content (AvgIpc) is 2.88. The molecule has 4 rings (SSSR count). The summed E-state index contributed by atoms with van der Waals surface area (Å²) < 4.78 is 5.43. The summed E-state index contributed by atoms with van der Waals surface area (Å²) in [7, 11) is 1.64. The Morgan fingerprint density at radius 1 is 1.06 bits per heavy atom. The molecule has 0 spiro atoms. The molecular formula is C28H29N3O3. The molecule has 34 heavy (non-hydrogen) atoms. The van der Waals surface area contributed by atoms with E-state index in [-0.39, 0.29) is 17.2 Å². The van der Waals surface area contributed by atoms with Gasteiger partial charge in [0.25, 0.3) is 5.91 Å². The van der Waals surface area contributed by atoms with Crippen LogP contribution in [0.15, 0.2) is 73.1 Å². The highest BCUT2D eigenvalue weighted by Crippen LogP contribution is 2.35. The van der Waals surface area contributed by atoms with E-state index < -0.39 is 0 Å². The van der Waals surface area contributed by atoms with Crippen molar-refractivity contribution in [3.05, 3.63) is 95.3 Å². The monoisotopic (exact) mass is 455 g/mol. The first kappa shape index (κ1) is 23.2. The molecule has 6 heteroatoms. The molecule has 0 bridgehead atoms. The Hall–Kier alpha value is -3.93. The summed E-state index contributed by atoms with van der Waals surface area (Å²) >= 11 is 0.